The summed E-state index contributed by atoms with van der Waals surface area (Å²) in [7, 11) is 1.67. The van der Waals surface area contributed by atoms with Gasteiger partial charge in [0.1, 0.15) is 5.75 Å². The molecule has 0 spiro atoms. The van der Waals surface area contributed by atoms with Gasteiger partial charge in [0.05, 0.1) is 7.11 Å². The second-order valence-corrected chi connectivity index (χ2v) is 4.95. The number of rotatable bonds is 9. The van der Waals surface area contributed by atoms with Crippen LogP contribution in [0, 0.1) is 0 Å². The summed E-state index contributed by atoms with van der Waals surface area (Å²) in [6, 6.07) is 7.92. The summed E-state index contributed by atoms with van der Waals surface area (Å²) < 4.78 is 5.14. The third-order valence-electron chi connectivity index (χ3n) is 3.30. The van der Waals surface area contributed by atoms with Crippen LogP contribution in [0.2, 0.25) is 0 Å². The molecule has 0 radical (unpaired) electrons. The maximum Gasteiger partial charge on any atom is 0.118 e. The van der Waals surface area contributed by atoms with Crippen LogP contribution in [-0.4, -0.2) is 18.8 Å². The van der Waals surface area contributed by atoms with Crippen LogP contribution in [0.5, 0.6) is 5.75 Å². The topological polar surface area (TPSA) is 29.5 Å². The van der Waals surface area contributed by atoms with Gasteiger partial charge < -0.3 is 9.84 Å². The number of methoxy groups -OCH3 is 1. The minimum Gasteiger partial charge on any atom is -0.497 e. The summed E-state index contributed by atoms with van der Waals surface area (Å²) >= 11 is 0. The van der Waals surface area contributed by atoms with Gasteiger partial charge in [-0.05, 0) is 48.6 Å². The van der Waals surface area contributed by atoms with Gasteiger partial charge in [0.15, 0.2) is 0 Å². The standard InChI is InChI=1S/C18H26O2/c1-3-4-5-6-7-16(14-15-19)8-9-17-10-12-18(20-2)13-11-17/h9-13,19H,3-7,14-15H2,1-2H3. The van der Waals surface area contributed by atoms with Gasteiger partial charge in [-0.1, -0.05) is 38.3 Å². The van der Waals surface area contributed by atoms with E-state index >= 15 is 0 Å². The van der Waals surface area contributed by atoms with Crippen LogP contribution in [0.15, 0.2) is 35.6 Å². The molecule has 0 bridgehead atoms. The van der Waals surface area contributed by atoms with Crippen molar-refractivity contribution in [1.29, 1.82) is 0 Å². The minimum atomic E-state index is 0.201. The van der Waals surface area contributed by atoms with Crippen molar-refractivity contribution < 1.29 is 9.84 Å². The highest BCUT2D eigenvalue weighted by Gasteiger charge is 1.96. The van der Waals surface area contributed by atoms with Gasteiger partial charge in [-0.15, -0.1) is 5.73 Å². The Balaban J connectivity index is 2.64. The molecule has 1 aromatic carbocycles. The molecule has 0 aliphatic carbocycles. The summed E-state index contributed by atoms with van der Waals surface area (Å²) in [5.74, 6) is 0.862. The van der Waals surface area contributed by atoms with E-state index in [1.54, 1.807) is 7.11 Å². The number of unbranched alkanes of at least 4 members (excludes halogenated alkanes) is 3. The summed E-state index contributed by atoms with van der Waals surface area (Å²) in [4.78, 5) is 0. The molecule has 0 aromatic heterocycles. The van der Waals surface area contributed by atoms with Crippen molar-refractivity contribution in [1.82, 2.24) is 0 Å². The fourth-order valence-corrected chi connectivity index (χ4v) is 2.05. The van der Waals surface area contributed by atoms with Crippen LogP contribution < -0.4 is 4.74 Å². The van der Waals surface area contributed by atoms with Crippen LogP contribution in [-0.2, 0) is 0 Å². The molecule has 0 saturated heterocycles. The van der Waals surface area contributed by atoms with Crippen molar-refractivity contribution in [2.24, 2.45) is 0 Å². The molecule has 110 valence electrons. The van der Waals surface area contributed by atoms with Gasteiger partial charge in [0, 0.05) is 6.61 Å². The molecule has 0 atom stereocenters. The first kappa shape index (κ1) is 16.6. The van der Waals surface area contributed by atoms with Crippen molar-refractivity contribution in [3.05, 3.63) is 41.1 Å². The average molecular weight is 274 g/mol. The second kappa shape index (κ2) is 10.3. The SMILES string of the molecule is CCCCCCC(=C=Cc1ccc(OC)cc1)CCO. The lowest BCUT2D eigenvalue weighted by atomic mass is 10.0. The number of ether oxygens (including phenoxy) is 1. The zero-order chi connectivity index (χ0) is 14.6. The third kappa shape index (κ3) is 6.60. The van der Waals surface area contributed by atoms with Gasteiger partial charge in [0.25, 0.3) is 0 Å². The Bertz CT molecular complexity index is 425. The van der Waals surface area contributed by atoms with E-state index in [0.717, 1.165) is 24.2 Å². The van der Waals surface area contributed by atoms with E-state index in [-0.39, 0.29) is 6.61 Å². The van der Waals surface area contributed by atoms with E-state index in [0.29, 0.717) is 0 Å². The summed E-state index contributed by atoms with van der Waals surface area (Å²) in [6.45, 7) is 2.42. The average Bonchev–Trinajstić information content (AvgIpc) is 2.49. The maximum absolute atomic E-state index is 9.11. The first-order chi connectivity index (χ1) is 9.80. The number of aliphatic hydroxyl groups excluding tert-OH is 1. The van der Waals surface area contributed by atoms with Crippen LogP contribution >= 0.6 is 0 Å². The molecule has 1 aromatic rings. The molecule has 2 nitrogen and oxygen atoms in total. The Labute approximate surface area is 122 Å². The van der Waals surface area contributed by atoms with Crippen molar-refractivity contribution >= 4 is 6.08 Å². The molecule has 0 heterocycles. The molecule has 1 N–H and O–H groups in total. The van der Waals surface area contributed by atoms with Crippen molar-refractivity contribution in [3.8, 4) is 5.75 Å². The van der Waals surface area contributed by atoms with E-state index in [2.05, 4.69) is 12.7 Å². The number of hydrogen-bond acceptors (Lipinski definition) is 2. The zero-order valence-corrected chi connectivity index (χ0v) is 12.7. The Hall–Kier alpha value is -1.50. The van der Waals surface area contributed by atoms with Crippen molar-refractivity contribution in [2.45, 2.75) is 45.4 Å². The van der Waals surface area contributed by atoms with Gasteiger partial charge in [-0.25, -0.2) is 0 Å². The Morgan fingerprint density at radius 1 is 1.15 bits per heavy atom. The number of benzene rings is 1. The fraction of sp³-hybridized carbons (Fsp3) is 0.500. The molecule has 0 saturated carbocycles. The van der Waals surface area contributed by atoms with Gasteiger partial charge >= 0.3 is 0 Å². The van der Waals surface area contributed by atoms with E-state index < -0.39 is 0 Å². The highest BCUT2D eigenvalue weighted by Crippen LogP contribution is 2.15. The molecule has 0 aliphatic heterocycles. The second-order valence-electron chi connectivity index (χ2n) is 4.95. The molecule has 0 fully saturated rings. The predicted molar refractivity (Wildman–Crippen MR) is 84.9 cm³/mol. The molecule has 2 heteroatoms. The van der Waals surface area contributed by atoms with Gasteiger partial charge in [-0.3, -0.25) is 0 Å². The molecule has 0 amide bonds. The van der Waals surface area contributed by atoms with Crippen molar-refractivity contribution in [3.63, 3.8) is 0 Å². The largest absolute Gasteiger partial charge is 0.497 e. The smallest absolute Gasteiger partial charge is 0.118 e. The monoisotopic (exact) mass is 274 g/mol. The fourth-order valence-electron chi connectivity index (χ4n) is 2.05. The first-order valence-corrected chi connectivity index (χ1v) is 7.49. The summed E-state index contributed by atoms with van der Waals surface area (Å²) in [5, 5.41) is 9.11. The van der Waals surface area contributed by atoms with Crippen LogP contribution in [0.4, 0.5) is 0 Å². The van der Waals surface area contributed by atoms with Gasteiger partial charge in [-0.2, -0.15) is 0 Å². The summed E-state index contributed by atoms with van der Waals surface area (Å²) in [6.07, 6.45) is 8.73. The van der Waals surface area contributed by atoms with E-state index in [1.807, 2.05) is 30.3 Å². The number of aliphatic hydroxyl groups is 1. The Morgan fingerprint density at radius 3 is 2.50 bits per heavy atom. The van der Waals surface area contributed by atoms with Crippen molar-refractivity contribution in [2.75, 3.05) is 13.7 Å². The quantitative estimate of drug-likeness (QED) is 0.527. The normalized spacial score (nSPS) is 9.95. The maximum atomic E-state index is 9.11. The lowest BCUT2D eigenvalue weighted by Gasteiger charge is -2.03. The highest BCUT2D eigenvalue weighted by atomic mass is 16.5. The van der Waals surface area contributed by atoms with E-state index in [1.165, 1.54) is 31.3 Å². The molecule has 1 rings (SSSR count). The summed E-state index contributed by atoms with van der Waals surface area (Å²) in [5.41, 5.74) is 5.66. The van der Waals surface area contributed by atoms with Crippen LogP contribution in [0.25, 0.3) is 6.08 Å². The molecular weight excluding hydrogens is 248 g/mol. The molecule has 20 heavy (non-hydrogen) atoms. The Morgan fingerprint density at radius 2 is 1.90 bits per heavy atom. The van der Waals surface area contributed by atoms with Crippen LogP contribution in [0.1, 0.15) is 51.0 Å². The zero-order valence-electron chi connectivity index (χ0n) is 12.7. The lowest BCUT2D eigenvalue weighted by molar-refractivity contribution is 0.297. The third-order valence-corrected chi connectivity index (χ3v) is 3.30. The van der Waals surface area contributed by atoms with Crippen LogP contribution in [0.3, 0.4) is 0 Å². The molecular formula is C18H26O2. The Kier molecular flexibility index (Phi) is 8.53. The van der Waals surface area contributed by atoms with Gasteiger partial charge in [0.2, 0.25) is 0 Å². The van der Waals surface area contributed by atoms with E-state index in [4.69, 9.17) is 9.84 Å². The first-order valence-electron chi connectivity index (χ1n) is 7.49. The number of hydrogen-bond donors (Lipinski definition) is 1. The minimum absolute atomic E-state index is 0.201. The highest BCUT2D eigenvalue weighted by molar-refractivity contribution is 5.50. The molecule has 0 unspecified atom stereocenters. The lowest BCUT2D eigenvalue weighted by Crippen LogP contribution is -1.88. The molecule has 0 aliphatic rings. The predicted octanol–water partition coefficient (Wildman–Crippen LogP) is 4.59. The van der Waals surface area contributed by atoms with E-state index in [9.17, 15) is 0 Å².